The molecule has 2 N–H and O–H groups in total. The standard InChI is InChI=1S/C17H21N3O2S/c1-19-10-4-2-5-11(19)9-12(8-10)20-15-13(16(18)21)6-3-7-14(15)22-17(20)23/h3,6-7,10-12H,2,4-5,8-9H2,1H3,(H2,18,21). The molecule has 1 aromatic heterocycles. The zero-order valence-corrected chi connectivity index (χ0v) is 14.0. The van der Waals surface area contributed by atoms with Gasteiger partial charge in [0.25, 0.3) is 10.7 Å². The van der Waals surface area contributed by atoms with Crippen LogP contribution in [-0.4, -0.2) is 34.5 Å². The van der Waals surface area contributed by atoms with Crippen molar-refractivity contribution in [1.82, 2.24) is 9.47 Å². The van der Waals surface area contributed by atoms with Gasteiger partial charge in [-0.15, -0.1) is 0 Å². The van der Waals surface area contributed by atoms with Crippen molar-refractivity contribution < 1.29 is 9.21 Å². The van der Waals surface area contributed by atoms with Gasteiger partial charge >= 0.3 is 0 Å². The van der Waals surface area contributed by atoms with Crippen LogP contribution in [0.15, 0.2) is 22.6 Å². The van der Waals surface area contributed by atoms with Crippen molar-refractivity contribution in [2.24, 2.45) is 5.73 Å². The van der Waals surface area contributed by atoms with E-state index in [1.807, 2.05) is 10.6 Å². The maximum atomic E-state index is 11.8. The predicted molar refractivity (Wildman–Crippen MR) is 91.0 cm³/mol. The molecule has 1 amide bonds. The number of hydrogen-bond acceptors (Lipinski definition) is 4. The van der Waals surface area contributed by atoms with Crippen molar-refractivity contribution in [1.29, 1.82) is 0 Å². The number of hydrogen-bond donors (Lipinski definition) is 1. The summed E-state index contributed by atoms with van der Waals surface area (Å²) in [4.78, 5) is 14.8. The number of amides is 1. The Bertz CT molecular complexity index is 811. The van der Waals surface area contributed by atoms with Gasteiger partial charge in [-0.25, -0.2) is 0 Å². The van der Waals surface area contributed by atoms with Gasteiger partial charge in [0.2, 0.25) is 0 Å². The Hall–Kier alpha value is -1.66. The molecule has 2 saturated heterocycles. The molecule has 122 valence electrons. The number of benzene rings is 1. The minimum Gasteiger partial charge on any atom is -0.429 e. The van der Waals surface area contributed by atoms with Gasteiger partial charge in [-0.1, -0.05) is 12.5 Å². The fourth-order valence-electron chi connectivity index (χ4n) is 4.42. The lowest BCUT2D eigenvalue weighted by Gasteiger charge is -2.47. The van der Waals surface area contributed by atoms with E-state index in [9.17, 15) is 4.79 Å². The van der Waals surface area contributed by atoms with E-state index < -0.39 is 5.91 Å². The van der Waals surface area contributed by atoms with E-state index in [1.165, 1.54) is 19.3 Å². The molecule has 5 nitrogen and oxygen atoms in total. The number of fused-ring (bicyclic) bond motifs is 3. The highest BCUT2D eigenvalue weighted by atomic mass is 32.1. The van der Waals surface area contributed by atoms with Gasteiger partial charge in [0.1, 0.15) is 5.52 Å². The highest BCUT2D eigenvalue weighted by Crippen LogP contribution is 2.40. The molecule has 4 rings (SSSR count). The second-order valence-corrected chi connectivity index (χ2v) is 7.13. The lowest BCUT2D eigenvalue weighted by atomic mass is 9.82. The van der Waals surface area contributed by atoms with Crippen LogP contribution in [0.5, 0.6) is 0 Å². The topological polar surface area (TPSA) is 64.4 Å². The maximum absolute atomic E-state index is 11.8. The molecule has 0 radical (unpaired) electrons. The van der Waals surface area contributed by atoms with Crippen molar-refractivity contribution in [3.63, 3.8) is 0 Å². The van der Waals surface area contributed by atoms with Crippen molar-refractivity contribution in [2.75, 3.05) is 7.05 Å². The third-order valence-corrected chi connectivity index (χ3v) is 5.86. The Labute approximate surface area is 140 Å². The van der Waals surface area contributed by atoms with Gasteiger partial charge in [-0.2, -0.15) is 0 Å². The van der Waals surface area contributed by atoms with Crippen LogP contribution in [0.2, 0.25) is 0 Å². The van der Waals surface area contributed by atoms with Crippen molar-refractivity contribution >= 4 is 29.2 Å². The first-order valence-corrected chi connectivity index (χ1v) is 8.63. The number of carbonyl (C=O) groups excluding carboxylic acids is 1. The first-order chi connectivity index (χ1) is 11.1. The van der Waals surface area contributed by atoms with E-state index in [2.05, 4.69) is 11.9 Å². The first-order valence-electron chi connectivity index (χ1n) is 8.22. The fourth-order valence-corrected chi connectivity index (χ4v) is 4.75. The molecule has 2 aliphatic heterocycles. The molecule has 2 unspecified atom stereocenters. The average Bonchev–Trinajstić information content (AvgIpc) is 2.82. The Balaban J connectivity index is 1.84. The van der Waals surface area contributed by atoms with Gasteiger partial charge in [-0.3, -0.25) is 9.36 Å². The predicted octanol–water partition coefficient (Wildman–Crippen LogP) is 3.25. The highest BCUT2D eigenvalue weighted by Gasteiger charge is 2.37. The number of rotatable bonds is 2. The summed E-state index contributed by atoms with van der Waals surface area (Å²) < 4.78 is 7.79. The van der Waals surface area contributed by atoms with Crippen molar-refractivity contribution in [3.05, 3.63) is 28.6 Å². The number of nitrogens with zero attached hydrogens (tertiary/aromatic N) is 2. The second kappa shape index (κ2) is 5.46. The zero-order valence-electron chi connectivity index (χ0n) is 13.2. The van der Waals surface area contributed by atoms with Crippen molar-refractivity contribution in [3.8, 4) is 0 Å². The van der Waals surface area contributed by atoms with Crippen LogP contribution < -0.4 is 5.73 Å². The molecule has 2 atom stereocenters. The summed E-state index contributed by atoms with van der Waals surface area (Å²) >= 11 is 5.47. The number of aromatic nitrogens is 1. The summed E-state index contributed by atoms with van der Waals surface area (Å²) in [6.45, 7) is 0. The summed E-state index contributed by atoms with van der Waals surface area (Å²) in [5.41, 5.74) is 7.47. The summed E-state index contributed by atoms with van der Waals surface area (Å²) in [7, 11) is 2.23. The molecule has 1 aromatic carbocycles. The van der Waals surface area contributed by atoms with Crippen LogP contribution in [0.3, 0.4) is 0 Å². The zero-order chi connectivity index (χ0) is 16.1. The van der Waals surface area contributed by atoms with E-state index in [0.29, 0.717) is 28.1 Å². The van der Waals surface area contributed by atoms with E-state index in [0.717, 1.165) is 18.4 Å². The number of oxazole rings is 1. The average molecular weight is 331 g/mol. The summed E-state index contributed by atoms with van der Waals surface area (Å²) in [6.07, 6.45) is 5.85. The molecule has 3 heterocycles. The van der Waals surface area contributed by atoms with E-state index in [-0.39, 0.29) is 6.04 Å². The fraction of sp³-hybridized carbons (Fsp3) is 0.529. The number of nitrogens with two attached hydrogens (primary N) is 1. The molecule has 2 fully saturated rings. The van der Waals surface area contributed by atoms with Crippen LogP contribution in [0.1, 0.15) is 48.5 Å². The van der Waals surface area contributed by atoms with Gasteiger partial charge in [0.05, 0.1) is 5.56 Å². The molecular formula is C17H21N3O2S. The van der Waals surface area contributed by atoms with E-state index in [4.69, 9.17) is 22.4 Å². The lowest BCUT2D eigenvalue weighted by Crippen LogP contribution is -2.50. The molecule has 23 heavy (non-hydrogen) atoms. The van der Waals surface area contributed by atoms with Crippen LogP contribution in [0.4, 0.5) is 0 Å². The number of para-hydroxylation sites is 1. The third kappa shape index (κ3) is 2.32. The minimum absolute atomic E-state index is 0.274. The number of carbonyl (C=O) groups is 1. The van der Waals surface area contributed by atoms with Crippen LogP contribution in [0.25, 0.3) is 11.1 Å². The molecular weight excluding hydrogens is 310 g/mol. The molecule has 0 aliphatic carbocycles. The summed E-state index contributed by atoms with van der Waals surface area (Å²) in [5, 5.41) is 0. The summed E-state index contributed by atoms with van der Waals surface area (Å²) in [6, 6.07) is 6.83. The van der Waals surface area contributed by atoms with Gasteiger partial charge in [-0.05, 0) is 57.1 Å². The Kier molecular flexibility index (Phi) is 3.54. The molecule has 0 saturated carbocycles. The van der Waals surface area contributed by atoms with Gasteiger partial charge in [0.15, 0.2) is 5.58 Å². The van der Waals surface area contributed by atoms with E-state index >= 15 is 0 Å². The van der Waals surface area contributed by atoms with Crippen LogP contribution >= 0.6 is 12.2 Å². The number of primary amides is 1. The number of piperidine rings is 2. The van der Waals surface area contributed by atoms with Gasteiger partial charge in [0, 0.05) is 18.1 Å². The second-order valence-electron chi connectivity index (χ2n) is 6.78. The largest absolute Gasteiger partial charge is 0.429 e. The Morgan fingerprint density at radius 2 is 1.96 bits per heavy atom. The maximum Gasteiger partial charge on any atom is 0.269 e. The normalized spacial score (nSPS) is 28.1. The first kappa shape index (κ1) is 14.9. The molecule has 6 heteroatoms. The molecule has 2 aliphatic rings. The monoisotopic (exact) mass is 331 g/mol. The highest BCUT2D eigenvalue weighted by molar-refractivity contribution is 7.71. The third-order valence-electron chi connectivity index (χ3n) is 5.58. The Morgan fingerprint density at radius 3 is 2.61 bits per heavy atom. The SMILES string of the molecule is CN1C2CCCC1CC(n1c(=S)oc3cccc(C(N)=O)c31)C2. The van der Waals surface area contributed by atoms with E-state index in [1.54, 1.807) is 12.1 Å². The Morgan fingerprint density at radius 1 is 1.26 bits per heavy atom. The van der Waals surface area contributed by atoms with Gasteiger partial charge < -0.3 is 15.1 Å². The van der Waals surface area contributed by atoms with Crippen LogP contribution in [-0.2, 0) is 0 Å². The van der Waals surface area contributed by atoms with Crippen LogP contribution in [0, 0.1) is 4.84 Å². The molecule has 2 aromatic rings. The lowest BCUT2D eigenvalue weighted by molar-refractivity contribution is 0.0399. The smallest absolute Gasteiger partial charge is 0.269 e. The quantitative estimate of drug-likeness (QED) is 0.858. The van der Waals surface area contributed by atoms with Crippen molar-refractivity contribution in [2.45, 2.75) is 50.2 Å². The minimum atomic E-state index is -0.437. The molecule has 0 spiro atoms. The summed E-state index contributed by atoms with van der Waals surface area (Å²) in [5.74, 6) is -0.437. The molecule has 2 bridgehead atoms.